The van der Waals surface area contributed by atoms with Gasteiger partial charge in [0.1, 0.15) is 0 Å². The van der Waals surface area contributed by atoms with Gasteiger partial charge in [0.05, 0.1) is 11.1 Å². The summed E-state index contributed by atoms with van der Waals surface area (Å²) in [5, 5.41) is 2.32. The molecule has 1 N–H and O–H groups in total. The first-order chi connectivity index (χ1) is 14.7. The monoisotopic (exact) mass is 423 g/mol. The number of aromatic amines is 1. The second kappa shape index (κ2) is 9.78. The van der Waals surface area contributed by atoms with Gasteiger partial charge in [0.2, 0.25) is 0 Å². The maximum Gasteiger partial charge on any atom is 0.185 e. The summed E-state index contributed by atoms with van der Waals surface area (Å²) < 4.78 is 0. The summed E-state index contributed by atoms with van der Waals surface area (Å²) in [5.74, 6) is 0.630. The number of Topliss-reactive ketones (excluding diaryl/α,β-unsaturated/α-hetero) is 1. The number of rotatable bonds is 9. The van der Waals surface area contributed by atoms with E-state index in [2.05, 4.69) is 53.1 Å². The van der Waals surface area contributed by atoms with Crippen LogP contribution in [-0.4, -0.2) is 28.8 Å². The molecule has 1 atom stereocenters. The maximum atomic E-state index is 13.1. The number of hydrogen-bond donors (Lipinski definition) is 1. The van der Waals surface area contributed by atoms with E-state index in [1.807, 2.05) is 6.20 Å². The molecular formula is C25H33N3OS. The fourth-order valence-corrected chi connectivity index (χ4v) is 5.52. The number of anilines is 1. The molecule has 0 bridgehead atoms. The van der Waals surface area contributed by atoms with E-state index >= 15 is 0 Å². The van der Waals surface area contributed by atoms with Crippen LogP contribution in [0, 0.1) is 12.8 Å². The SMILES string of the molecule is CCCCC(CC(=O)c1cnc(N2CCCCC2)s1)Cc1c[nH]c2c(C)cccc12. The van der Waals surface area contributed by atoms with Crippen molar-refractivity contribution >= 4 is 33.2 Å². The van der Waals surface area contributed by atoms with E-state index in [0.717, 1.165) is 42.4 Å². The third-order valence-corrected chi connectivity index (χ3v) is 7.45. The average molecular weight is 424 g/mol. The maximum absolute atomic E-state index is 13.1. The normalized spacial score (nSPS) is 15.6. The Morgan fingerprint density at radius 3 is 2.90 bits per heavy atom. The molecule has 1 fully saturated rings. The number of nitrogens with one attached hydrogen (secondary N) is 1. The lowest BCUT2D eigenvalue weighted by Crippen LogP contribution is -2.29. The Bertz CT molecular complexity index is 983. The minimum Gasteiger partial charge on any atom is -0.361 e. The van der Waals surface area contributed by atoms with Crippen molar-refractivity contribution in [3.63, 3.8) is 0 Å². The predicted octanol–water partition coefficient (Wildman–Crippen LogP) is 6.55. The number of fused-ring (bicyclic) bond motifs is 1. The van der Waals surface area contributed by atoms with E-state index in [0.29, 0.717) is 12.3 Å². The molecule has 4 nitrogen and oxygen atoms in total. The van der Waals surface area contributed by atoms with E-state index in [9.17, 15) is 4.79 Å². The second-order valence-electron chi connectivity index (χ2n) is 8.71. The zero-order valence-electron chi connectivity index (χ0n) is 18.2. The zero-order chi connectivity index (χ0) is 20.9. The van der Waals surface area contributed by atoms with Gasteiger partial charge in [0.15, 0.2) is 10.9 Å². The first-order valence-electron chi connectivity index (χ1n) is 11.4. The lowest BCUT2D eigenvalue weighted by molar-refractivity contribution is 0.0962. The summed E-state index contributed by atoms with van der Waals surface area (Å²) in [6, 6.07) is 6.46. The van der Waals surface area contributed by atoms with E-state index in [1.54, 1.807) is 11.3 Å². The van der Waals surface area contributed by atoms with Crippen molar-refractivity contribution in [2.24, 2.45) is 5.92 Å². The number of carbonyl (C=O) groups is 1. The molecule has 1 unspecified atom stereocenters. The van der Waals surface area contributed by atoms with Crippen molar-refractivity contribution in [3.05, 3.63) is 46.6 Å². The molecule has 1 aromatic carbocycles. The number of ketones is 1. The van der Waals surface area contributed by atoms with Gasteiger partial charge >= 0.3 is 0 Å². The first-order valence-corrected chi connectivity index (χ1v) is 12.3. The number of para-hydroxylation sites is 1. The number of aromatic nitrogens is 2. The molecule has 5 heteroatoms. The molecular weight excluding hydrogens is 390 g/mol. The van der Waals surface area contributed by atoms with Crippen LogP contribution in [0.4, 0.5) is 5.13 Å². The Morgan fingerprint density at radius 2 is 2.10 bits per heavy atom. The van der Waals surface area contributed by atoms with E-state index in [4.69, 9.17) is 0 Å². The van der Waals surface area contributed by atoms with Crippen molar-refractivity contribution in [2.75, 3.05) is 18.0 Å². The fraction of sp³-hybridized carbons (Fsp3) is 0.520. The van der Waals surface area contributed by atoms with Gasteiger partial charge in [-0.05, 0) is 56.1 Å². The van der Waals surface area contributed by atoms with Crippen LogP contribution in [0.15, 0.2) is 30.6 Å². The molecule has 160 valence electrons. The van der Waals surface area contributed by atoms with Crippen molar-refractivity contribution in [1.29, 1.82) is 0 Å². The molecule has 1 aliphatic heterocycles. The Kier molecular flexibility index (Phi) is 6.88. The number of aryl methyl sites for hydroxylation is 1. The highest BCUT2D eigenvalue weighted by Gasteiger charge is 2.21. The highest BCUT2D eigenvalue weighted by molar-refractivity contribution is 7.17. The van der Waals surface area contributed by atoms with Gasteiger partial charge in [-0.15, -0.1) is 0 Å². The molecule has 0 amide bonds. The number of benzene rings is 1. The van der Waals surface area contributed by atoms with Crippen molar-refractivity contribution in [1.82, 2.24) is 9.97 Å². The summed E-state index contributed by atoms with van der Waals surface area (Å²) in [4.78, 5) is 24.3. The fourth-order valence-electron chi connectivity index (χ4n) is 4.60. The van der Waals surface area contributed by atoms with Gasteiger partial charge in [0, 0.05) is 36.6 Å². The van der Waals surface area contributed by atoms with Crippen LogP contribution in [0.1, 0.15) is 72.7 Å². The van der Waals surface area contributed by atoms with E-state index in [-0.39, 0.29) is 5.78 Å². The van der Waals surface area contributed by atoms with Crippen LogP contribution in [0.5, 0.6) is 0 Å². The van der Waals surface area contributed by atoms with Crippen LogP contribution in [0.3, 0.4) is 0 Å². The lowest BCUT2D eigenvalue weighted by atomic mass is 9.89. The minimum absolute atomic E-state index is 0.257. The smallest absolute Gasteiger partial charge is 0.185 e. The minimum atomic E-state index is 0.257. The molecule has 30 heavy (non-hydrogen) atoms. The van der Waals surface area contributed by atoms with E-state index in [1.165, 1.54) is 47.7 Å². The van der Waals surface area contributed by atoms with Crippen LogP contribution >= 0.6 is 11.3 Å². The van der Waals surface area contributed by atoms with Crippen molar-refractivity contribution in [2.45, 2.75) is 65.2 Å². The van der Waals surface area contributed by atoms with Gasteiger partial charge in [0.25, 0.3) is 0 Å². The molecule has 3 aromatic rings. The molecule has 2 aromatic heterocycles. The number of thiazole rings is 1. The number of H-pyrrole nitrogens is 1. The van der Waals surface area contributed by atoms with Gasteiger partial charge in [-0.3, -0.25) is 4.79 Å². The number of unbranched alkanes of at least 4 members (excludes halogenated alkanes) is 1. The summed E-state index contributed by atoms with van der Waals surface area (Å²) in [7, 11) is 0. The predicted molar refractivity (Wildman–Crippen MR) is 127 cm³/mol. The summed E-state index contributed by atoms with van der Waals surface area (Å²) >= 11 is 1.58. The molecule has 0 spiro atoms. The second-order valence-corrected chi connectivity index (χ2v) is 9.71. The highest BCUT2D eigenvalue weighted by atomic mass is 32.1. The van der Waals surface area contributed by atoms with Gasteiger partial charge in [-0.1, -0.05) is 49.3 Å². The van der Waals surface area contributed by atoms with Crippen molar-refractivity contribution in [3.8, 4) is 0 Å². The topological polar surface area (TPSA) is 49.0 Å². The van der Waals surface area contributed by atoms with Gasteiger partial charge in [-0.25, -0.2) is 4.98 Å². The quantitative estimate of drug-likeness (QED) is 0.397. The van der Waals surface area contributed by atoms with Crippen LogP contribution in [0.2, 0.25) is 0 Å². The molecule has 0 radical (unpaired) electrons. The van der Waals surface area contributed by atoms with Crippen LogP contribution in [-0.2, 0) is 6.42 Å². The van der Waals surface area contributed by atoms with Crippen LogP contribution < -0.4 is 4.90 Å². The third kappa shape index (κ3) is 4.77. The molecule has 4 rings (SSSR count). The molecule has 0 aliphatic carbocycles. The zero-order valence-corrected chi connectivity index (χ0v) is 19.1. The number of nitrogens with zero attached hydrogens (tertiary/aromatic N) is 2. The standard InChI is InChI=1S/C25H33N3OS/c1-3-4-10-19(14-20-16-26-24-18(2)9-8-11-21(20)24)15-22(29)23-17-27-25(30-23)28-12-6-5-7-13-28/h8-9,11,16-17,19,26H,3-7,10,12-15H2,1-2H3. The molecule has 1 aliphatic rings. The Hall–Kier alpha value is -2.14. The number of hydrogen-bond acceptors (Lipinski definition) is 4. The molecule has 3 heterocycles. The third-order valence-electron chi connectivity index (χ3n) is 6.35. The Labute approximate surface area is 183 Å². The highest BCUT2D eigenvalue weighted by Crippen LogP contribution is 2.30. The summed E-state index contributed by atoms with van der Waals surface area (Å²) in [6.45, 7) is 6.51. The lowest BCUT2D eigenvalue weighted by Gasteiger charge is -2.25. The number of carbonyl (C=O) groups excluding carboxylic acids is 1. The molecule has 1 saturated heterocycles. The summed E-state index contributed by atoms with van der Waals surface area (Å²) in [5.41, 5.74) is 3.83. The van der Waals surface area contributed by atoms with Crippen molar-refractivity contribution < 1.29 is 4.79 Å². The Balaban J connectivity index is 1.46. The Morgan fingerprint density at radius 1 is 1.27 bits per heavy atom. The van der Waals surface area contributed by atoms with Gasteiger partial charge < -0.3 is 9.88 Å². The van der Waals surface area contributed by atoms with Crippen LogP contribution in [0.25, 0.3) is 10.9 Å². The summed E-state index contributed by atoms with van der Waals surface area (Å²) in [6.07, 6.45) is 12.7. The van der Waals surface area contributed by atoms with E-state index < -0.39 is 0 Å². The largest absolute Gasteiger partial charge is 0.361 e. The molecule has 0 saturated carbocycles. The first kappa shape index (κ1) is 21.1. The number of piperidine rings is 1. The van der Waals surface area contributed by atoms with Gasteiger partial charge in [-0.2, -0.15) is 0 Å². The average Bonchev–Trinajstić information content (AvgIpc) is 3.41.